The summed E-state index contributed by atoms with van der Waals surface area (Å²) in [6.07, 6.45) is 0.798. The molecule has 1 N–H and O–H groups in total. The molecule has 0 fully saturated rings. The molecule has 0 aliphatic rings. The zero-order valence-electron chi connectivity index (χ0n) is 11.3. The van der Waals surface area contributed by atoms with Crippen molar-refractivity contribution in [3.63, 3.8) is 0 Å². The SMILES string of the molecule is CNC(Cc1ccc(Cl)cc1Cl)c1cc(C)oc1C. The van der Waals surface area contributed by atoms with Crippen LogP contribution in [0.25, 0.3) is 0 Å². The Bertz CT molecular complexity index is 578. The lowest BCUT2D eigenvalue weighted by Crippen LogP contribution is -2.19. The Hall–Kier alpha value is -0.960. The van der Waals surface area contributed by atoms with Crippen LogP contribution in [0.1, 0.15) is 28.7 Å². The minimum atomic E-state index is 0.177. The zero-order valence-corrected chi connectivity index (χ0v) is 12.8. The molecule has 19 heavy (non-hydrogen) atoms. The highest BCUT2D eigenvalue weighted by Gasteiger charge is 2.17. The van der Waals surface area contributed by atoms with Crippen molar-refractivity contribution < 1.29 is 4.42 Å². The summed E-state index contributed by atoms with van der Waals surface area (Å²) in [4.78, 5) is 0. The summed E-state index contributed by atoms with van der Waals surface area (Å²) >= 11 is 12.1. The number of hydrogen-bond acceptors (Lipinski definition) is 2. The summed E-state index contributed by atoms with van der Waals surface area (Å²) in [6.45, 7) is 3.94. The van der Waals surface area contributed by atoms with Crippen LogP contribution < -0.4 is 5.32 Å². The number of furan rings is 1. The van der Waals surface area contributed by atoms with Crippen molar-refractivity contribution in [2.45, 2.75) is 26.3 Å². The van der Waals surface area contributed by atoms with E-state index in [2.05, 4.69) is 11.4 Å². The molecule has 1 unspecified atom stereocenters. The Kier molecular flexibility index (Phi) is 4.56. The van der Waals surface area contributed by atoms with Crippen LogP contribution in [0.5, 0.6) is 0 Å². The van der Waals surface area contributed by atoms with Gasteiger partial charge in [-0.15, -0.1) is 0 Å². The van der Waals surface area contributed by atoms with Crippen LogP contribution >= 0.6 is 23.2 Å². The van der Waals surface area contributed by atoms with E-state index >= 15 is 0 Å². The van der Waals surface area contributed by atoms with Crippen molar-refractivity contribution in [2.24, 2.45) is 0 Å². The highest BCUT2D eigenvalue weighted by atomic mass is 35.5. The maximum Gasteiger partial charge on any atom is 0.105 e. The molecule has 1 aromatic heterocycles. The molecule has 0 saturated heterocycles. The third kappa shape index (κ3) is 3.33. The van der Waals surface area contributed by atoms with E-state index in [0.29, 0.717) is 10.0 Å². The van der Waals surface area contributed by atoms with Gasteiger partial charge in [0.2, 0.25) is 0 Å². The first kappa shape index (κ1) is 14.4. The van der Waals surface area contributed by atoms with Gasteiger partial charge in [0.1, 0.15) is 11.5 Å². The molecule has 2 aromatic rings. The van der Waals surface area contributed by atoms with Gasteiger partial charge in [-0.25, -0.2) is 0 Å². The van der Waals surface area contributed by atoms with Crippen LogP contribution in [-0.2, 0) is 6.42 Å². The topological polar surface area (TPSA) is 25.2 Å². The van der Waals surface area contributed by atoms with E-state index in [9.17, 15) is 0 Å². The average Bonchev–Trinajstić information content (AvgIpc) is 2.68. The molecule has 2 nitrogen and oxygen atoms in total. The summed E-state index contributed by atoms with van der Waals surface area (Å²) in [7, 11) is 1.94. The summed E-state index contributed by atoms with van der Waals surface area (Å²) < 4.78 is 5.59. The molecule has 0 bridgehead atoms. The van der Waals surface area contributed by atoms with E-state index in [1.807, 2.05) is 33.0 Å². The molecule has 102 valence electrons. The van der Waals surface area contributed by atoms with E-state index in [0.717, 1.165) is 23.5 Å². The lowest BCUT2D eigenvalue weighted by molar-refractivity contribution is 0.490. The molecule has 0 aliphatic heterocycles. The summed E-state index contributed by atoms with van der Waals surface area (Å²) in [5, 5.41) is 4.67. The molecular formula is C15H17Cl2NO. The van der Waals surface area contributed by atoms with Crippen LogP contribution in [0.15, 0.2) is 28.7 Å². The standard InChI is InChI=1S/C15H17Cl2NO/c1-9-6-13(10(2)19-9)15(18-3)7-11-4-5-12(16)8-14(11)17/h4-6,8,15,18H,7H2,1-3H3. The van der Waals surface area contributed by atoms with Crippen molar-refractivity contribution >= 4 is 23.2 Å². The minimum Gasteiger partial charge on any atom is -0.466 e. The van der Waals surface area contributed by atoms with E-state index in [4.69, 9.17) is 27.6 Å². The largest absolute Gasteiger partial charge is 0.466 e. The summed E-state index contributed by atoms with van der Waals surface area (Å²) in [6, 6.07) is 7.86. The van der Waals surface area contributed by atoms with Gasteiger partial charge in [-0.1, -0.05) is 29.3 Å². The van der Waals surface area contributed by atoms with Crippen LogP contribution in [0.3, 0.4) is 0 Å². The first-order valence-electron chi connectivity index (χ1n) is 6.19. The van der Waals surface area contributed by atoms with Crippen LogP contribution in [0, 0.1) is 13.8 Å². The first-order chi connectivity index (χ1) is 9.01. The van der Waals surface area contributed by atoms with E-state index in [1.54, 1.807) is 6.07 Å². The molecular weight excluding hydrogens is 281 g/mol. The molecule has 1 atom stereocenters. The minimum absolute atomic E-state index is 0.177. The Labute approximate surface area is 123 Å². The van der Waals surface area contributed by atoms with Crippen molar-refractivity contribution in [2.75, 3.05) is 7.05 Å². The predicted octanol–water partition coefficient (Wildman–Crippen LogP) is 4.71. The predicted molar refractivity (Wildman–Crippen MR) is 80.1 cm³/mol. The quantitative estimate of drug-likeness (QED) is 0.884. The van der Waals surface area contributed by atoms with Gasteiger partial charge in [0.15, 0.2) is 0 Å². The number of likely N-dealkylation sites (N-methyl/N-ethyl adjacent to an activating group) is 1. The molecule has 1 aromatic carbocycles. The zero-order chi connectivity index (χ0) is 14.0. The Balaban J connectivity index is 2.26. The fourth-order valence-corrected chi connectivity index (χ4v) is 2.76. The molecule has 0 radical (unpaired) electrons. The molecule has 2 rings (SSSR count). The van der Waals surface area contributed by atoms with E-state index in [1.165, 1.54) is 5.56 Å². The van der Waals surface area contributed by atoms with E-state index < -0.39 is 0 Å². The smallest absolute Gasteiger partial charge is 0.105 e. The molecule has 0 saturated carbocycles. The van der Waals surface area contributed by atoms with Crippen LogP contribution in [0.4, 0.5) is 0 Å². The van der Waals surface area contributed by atoms with Gasteiger partial charge in [-0.2, -0.15) is 0 Å². The number of benzene rings is 1. The third-order valence-electron chi connectivity index (χ3n) is 3.24. The second kappa shape index (κ2) is 6.00. The molecule has 4 heteroatoms. The summed E-state index contributed by atoms with van der Waals surface area (Å²) in [5.41, 5.74) is 2.25. The highest BCUT2D eigenvalue weighted by Crippen LogP contribution is 2.28. The van der Waals surface area contributed by atoms with Crippen molar-refractivity contribution in [3.05, 3.63) is 57.0 Å². The number of aryl methyl sites for hydroxylation is 2. The van der Waals surface area contributed by atoms with Gasteiger partial charge >= 0.3 is 0 Å². The van der Waals surface area contributed by atoms with Gasteiger partial charge in [-0.3, -0.25) is 0 Å². The number of rotatable bonds is 4. The highest BCUT2D eigenvalue weighted by molar-refractivity contribution is 6.35. The van der Waals surface area contributed by atoms with Gasteiger partial charge in [0.25, 0.3) is 0 Å². The second-order valence-electron chi connectivity index (χ2n) is 4.65. The normalized spacial score (nSPS) is 12.7. The molecule has 1 heterocycles. The van der Waals surface area contributed by atoms with E-state index in [-0.39, 0.29) is 6.04 Å². The lowest BCUT2D eigenvalue weighted by atomic mass is 9.99. The number of nitrogens with one attached hydrogen (secondary N) is 1. The number of halogens is 2. The maximum atomic E-state index is 6.23. The Morgan fingerprint density at radius 2 is 1.95 bits per heavy atom. The van der Waals surface area contributed by atoms with Gasteiger partial charge in [-0.05, 0) is 51.1 Å². The average molecular weight is 298 g/mol. The first-order valence-corrected chi connectivity index (χ1v) is 6.95. The lowest BCUT2D eigenvalue weighted by Gasteiger charge is -2.16. The monoisotopic (exact) mass is 297 g/mol. The number of hydrogen-bond donors (Lipinski definition) is 1. The Morgan fingerprint density at radius 3 is 2.47 bits per heavy atom. The van der Waals surface area contributed by atoms with Gasteiger partial charge < -0.3 is 9.73 Å². The van der Waals surface area contributed by atoms with Gasteiger partial charge in [0, 0.05) is 21.7 Å². The third-order valence-corrected chi connectivity index (χ3v) is 3.83. The maximum absolute atomic E-state index is 6.23. The molecule has 0 amide bonds. The molecule has 0 aliphatic carbocycles. The van der Waals surface area contributed by atoms with Crippen LogP contribution in [-0.4, -0.2) is 7.05 Å². The fourth-order valence-electron chi connectivity index (χ4n) is 2.27. The van der Waals surface area contributed by atoms with Gasteiger partial charge in [0.05, 0.1) is 0 Å². The fraction of sp³-hybridized carbons (Fsp3) is 0.333. The van der Waals surface area contributed by atoms with Crippen molar-refractivity contribution in [1.29, 1.82) is 0 Å². The van der Waals surface area contributed by atoms with Crippen molar-refractivity contribution in [1.82, 2.24) is 5.32 Å². The Morgan fingerprint density at radius 1 is 1.21 bits per heavy atom. The molecule has 0 spiro atoms. The second-order valence-corrected chi connectivity index (χ2v) is 5.49. The summed E-state index contributed by atoms with van der Waals surface area (Å²) in [5.74, 6) is 1.87. The van der Waals surface area contributed by atoms with Crippen molar-refractivity contribution in [3.8, 4) is 0 Å². The van der Waals surface area contributed by atoms with Crippen LogP contribution in [0.2, 0.25) is 10.0 Å².